The van der Waals surface area contributed by atoms with Gasteiger partial charge >= 0.3 is 7.05 Å². The van der Waals surface area contributed by atoms with Crippen molar-refractivity contribution in [2.24, 2.45) is 0 Å². The summed E-state index contributed by atoms with van der Waals surface area (Å²) >= 11 is 0. The molecule has 15 heavy (non-hydrogen) atoms. The van der Waals surface area contributed by atoms with Crippen LogP contribution in [0.5, 0.6) is 0 Å². The Morgan fingerprint density at radius 2 is 1.80 bits per heavy atom. The van der Waals surface area contributed by atoms with Crippen molar-refractivity contribution in [2.75, 3.05) is 13.1 Å². The molecule has 1 aliphatic heterocycles. The van der Waals surface area contributed by atoms with E-state index in [1.807, 2.05) is 6.82 Å². The quantitative estimate of drug-likeness (QED) is 0.743. The topological polar surface area (TPSA) is 23.5 Å². The van der Waals surface area contributed by atoms with Crippen LogP contribution >= 0.6 is 0 Å². The van der Waals surface area contributed by atoms with Crippen molar-refractivity contribution < 1.29 is 5.02 Å². The zero-order valence-electron chi connectivity index (χ0n) is 9.26. The highest BCUT2D eigenvalue weighted by Crippen LogP contribution is 2.27. The van der Waals surface area contributed by atoms with E-state index in [0.717, 1.165) is 25.9 Å². The minimum absolute atomic E-state index is 0.290. The summed E-state index contributed by atoms with van der Waals surface area (Å²) in [5, 5.41) is 9.46. The molecule has 1 saturated heterocycles. The van der Waals surface area contributed by atoms with Crippen LogP contribution in [-0.2, 0) is 0 Å². The average molecular weight is 203 g/mol. The average Bonchev–Trinajstić information content (AvgIpc) is 2.30. The molecule has 0 bridgehead atoms. The standard InChI is InChI=1S/C12H18BNO/c1-13(15)14-9-7-12(8-10-14)11-5-3-2-4-6-11/h2-6,12,15H,7-10H2,1H3. The van der Waals surface area contributed by atoms with E-state index in [1.165, 1.54) is 5.56 Å². The molecule has 0 aromatic heterocycles. The van der Waals surface area contributed by atoms with E-state index < -0.39 is 0 Å². The van der Waals surface area contributed by atoms with Crippen molar-refractivity contribution in [1.82, 2.24) is 4.81 Å². The lowest BCUT2D eigenvalue weighted by Crippen LogP contribution is -2.42. The molecule has 1 aromatic rings. The smallest absolute Gasteiger partial charge is 0.376 e. The van der Waals surface area contributed by atoms with Gasteiger partial charge < -0.3 is 9.83 Å². The number of nitrogens with zero attached hydrogens (tertiary/aromatic N) is 1. The van der Waals surface area contributed by atoms with Gasteiger partial charge in [-0.25, -0.2) is 0 Å². The van der Waals surface area contributed by atoms with Crippen LogP contribution in [0.3, 0.4) is 0 Å². The van der Waals surface area contributed by atoms with Crippen LogP contribution in [0.25, 0.3) is 0 Å². The van der Waals surface area contributed by atoms with E-state index in [4.69, 9.17) is 0 Å². The van der Waals surface area contributed by atoms with Crippen LogP contribution in [0.15, 0.2) is 30.3 Å². The molecule has 0 atom stereocenters. The molecule has 1 N–H and O–H groups in total. The Labute approximate surface area is 92.0 Å². The van der Waals surface area contributed by atoms with Crippen LogP contribution < -0.4 is 0 Å². The summed E-state index contributed by atoms with van der Waals surface area (Å²) < 4.78 is 0. The Morgan fingerprint density at radius 1 is 1.20 bits per heavy atom. The minimum Gasteiger partial charge on any atom is -0.437 e. The lowest BCUT2D eigenvalue weighted by molar-refractivity contribution is 0.289. The molecule has 1 fully saturated rings. The van der Waals surface area contributed by atoms with Crippen LogP contribution in [-0.4, -0.2) is 30.0 Å². The number of piperidine rings is 1. The second-order valence-corrected chi connectivity index (χ2v) is 4.35. The fourth-order valence-electron chi connectivity index (χ4n) is 2.33. The van der Waals surface area contributed by atoms with Gasteiger partial charge in [0.2, 0.25) is 0 Å². The molecule has 0 radical (unpaired) electrons. The molecule has 80 valence electrons. The third-order valence-corrected chi connectivity index (χ3v) is 3.33. The summed E-state index contributed by atoms with van der Waals surface area (Å²) in [6.07, 6.45) is 2.32. The van der Waals surface area contributed by atoms with E-state index in [9.17, 15) is 5.02 Å². The monoisotopic (exact) mass is 203 g/mol. The Kier molecular flexibility index (Phi) is 3.44. The van der Waals surface area contributed by atoms with Crippen LogP contribution in [0.1, 0.15) is 24.3 Å². The summed E-state index contributed by atoms with van der Waals surface area (Å²) in [5.41, 5.74) is 1.45. The summed E-state index contributed by atoms with van der Waals surface area (Å²) in [5.74, 6) is 0.682. The first-order chi connectivity index (χ1) is 7.27. The first-order valence-corrected chi connectivity index (χ1v) is 5.74. The molecule has 0 spiro atoms. The van der Waals surface area contributed by atoms with E-state index in [2.05, 4.69) is 35.1 Å². The molecule has 1 aromatic carbocycles. The lowest BCUT2D eigenvalue weighted by Gasteiger charge is -2.32. The Hall–Kier alpha value is -0.795. The van der Waals surface area contributed by atoms with Gasteiger partial charge in [0, 0.05) is 0 Å². The maximum Gasteiger partial charge on any atom is 0.376 e. The number of benzene rings is 1. The van der Waals surface area contributed by atoms with E-state index >= 15 is 0 Å². The molecular weight excluding hydrogens is 185 g/mol. The number of hydrogen-bond donors (Lipinski definition) is 1. The maximum atomic E-state index is 9.46. The predicted molar refractivity (Wildman–Crippen MR) is 63.8 cm³/mol. The number of hydrogen-bond acceptors (Lipinski definition) is 2. The van der Waals surface area contributed by atoms with E-state index in [0.29, 0.717) is 5.92 Å². The summed E-state index contributed by atoms with van der Waals surface area (Å²) in [4.78, 5) is 2.14. The zero-order valence-corrected chi connectivity index (χ0v) is 9.26. The molecule has 2 rings (SSSR count). The van der Waals surface area contributed by atoms with Crippen molar-refractivity contribution in [3.63, 3.8) is 0 Å². The highest BCUT2D eigenvalue weighted by Gasteiger charge is 2.24. The van der Waals surface area contributed by atoms with Gasteiger partial charge in [-0.05, 0) is 44.2 Å². The molecule has 2 nitrogen and oxygen atoms in total. The van der Waals surface area contributed by atoms with Crippen molar-refractivity contribution in [1.29, 1.82) is 0 Å². The third-order valence-electron chi connectivity index (χ3n) is 3.33. The van der Waals surface area contributed by atoms with Crippen molar-refractivity contribution >= 4 is 7.05 Å². The molecular formula is C12H18BNO. The fourth-order valence-corrected chi connectivity index (χ4v) is 2.33. The van der Waals surface area contributed by atoms with Crippen LogP contribution in [0.2, 0.25) is 6.82 Å². The first kappa shape index (κ1) is 10.7. The molecule has 1 aliphatic rings. The normalized spacial score (nSPS) is 19.1. The summed E-state index contributed by atoms with van der Waals surface area (Å²) in [7, 11) is -0.290. The molecule has 0 saturated carbocycles. The Bertz CT molecular complexity index is 294. The largest absolute Gasteiger partial charge is 0.437 e. The minimum atomic E-state index is -0.290. The second kappa shape index (κ2) is 4.82. The highest BCUT2D eigenvalue weighted by atomic mass is 16.2. The van der Waals surface area contributed by atoms with Crippen molar-refractivity contribution in [3.8, 4) is 0 Å². The van der Waals surface area contributed by atoms with Gasteiger partial charge in [0.1, 0.15) is 0 Å². The second-order valence-electron chi connectivity index (χ2n) is 4.35. The van der Waals surface area contributed by atoms with Gasteiger partial charge in [0.25, 0.3) is 0 Å². The Morgan fingerprint density at radius 3 is 2.33 bits per heavy atom. The molecule has 0 unspecified atom stereocenters. The maximum absolute atomic E-state index is 9.46. The Balaban J connectivity index is 1.94. The fraction of sp³-hybridized carbons (Fsp3) is 0.500. The SMILES string of the molecule is CB(O)N1CCC(c2ccccc2)CC1. The van der Waals surface area contributed by atoms with Gasteiger partial charge in [-0.3, -0.25) is 0 Å². The predicted octanol–water partition coefficient (Wildman–Crippen LogP) is 1.98. The van der Waals surface area contributed by atoms with Gasteiger partial charge in [-0.2, -0.15) is 0 Å². The van der Waals surface area contributed by atoms with Crippen LogP contribution in [0.4, 0.5) is 0 Å². The van der Waals surface area contributed by atoms with Gasteiger partial charge in [-0.15, -0.1) is 0 Å². The van der Waals surface area contributed by atoms with E-state index in [-0.39, 0.29) is 7.05 Å². The summed E-state index contributed by atoms with van der Waals surface area (Å²) in [6.45, 7) is 3.87. The molecule has 0 amide bonds. The van der Waals surface area contributed by atoms with Gasteiger partial charge in [0.05, 0.1) is 0 Å². The lowest BCUT2D eigenvalue weighted by atomic mass is 9.79. The third kappa shape index (κ3) is 2.61. The van der Waals surface area contributed by atoms with Crippen molar-refractivity contribution in [2.45, 2.75) is 25.6 Å². The van der Waals surface area contributed by atoms with Crippen LogP contribution in [0, 0.1) is 0 Å². The molecule has 1 heterocycles. The summed E-state index contributed by atoms with van der Waals surface area (Å²) in [6, 6.07) is 10.7. The number of rotatable bonds is 2. The van der Waals surface area contributed by atoms with Gasteiger partial charge in [0.15, 0.2) is 0 Å². The molecule has 0 aliphatic carbocycles. The van der Waals surface area contributed by atoms with Crippen molar-refractivity contribution in [3.05, 3.63) is 35.9 Å². The zero-order chi connectivity index (χ0) is 10.7. The first-order valence-electron chi connectivity index (χ1n) is 5.74. The molecule has 3 heteroatoms. The van der Waals surface area contributed by atoms with E-state index in [1.54, 1.807) is 0 Å². The highest BCUT2D eigenvalue weighted by molar-refractivity contribution is 6.45. The van der Waals surface area contributed by atoms with Gasteiger partial charge in [-0.1, -0.05) is 30.3 Å².